The summed E-state index contributed by atoms with van der Waals surface area (Å²) in [4.78, 5) is 11.8. The molecule has 1 aromatic carbocycles. The number of rotatable bonds is 3. The highest BCUT2D eigenvalue weighted by Crippen LogP contribution is 2.15. The molecule has 5 nitrogen and oxygen atoms in total. The summed E-state index contributed by atoms with van der Waals surface area (Å²) < 4.78 is 1.73. The van der Waals surface area contributed by atoms with Crippen LogP contribution in [0.5, 0.6) is 0 Å². The van der Waals surface area contributed by atoms with E-state index < -0.39 is 5.54 Å². The van der Waals surface area contributed by atoms with Crippen LogP contribution in [0, 0.1) is 0 Å². The van der Waals surface area contributed by atoms with Crippen molar-refractivity contribution in [3.8, 4) is 5.69 Å². The van der Waals surface area contributed by atoms with Gasteiger partial charge in [-0.3, -0.25) is 4.79 Å². The minimum atomic E-state index is -0.901. The molecule has 1 heterocycles. The number of amides is 1. The zero-order chi connectivity index (χ0) is 13.2. The first-order valence-electron chi connectivity index (χ1n) is 5.67. The van der Waals surface area contributed by atoms with Gasteiger partial charge in [0.25, 0.3) is 0 Å². The van der Waals surface area contributed by atoms with Crippen LogP contribution in [0.4, 0.5) is 5.69 Å². The maximum Gasteiger partial charge on any atom is 0.243 e. The number of hydrogen-bond acceptors (Lipinski definition) is 3. The van der Waals surface area contributed by atoms with Gasteiger partial charge in [0.1, 0.15) is 0 Å². The Morgan fingerprint density at radius 1 is 1.39 bits per heavy atom. The highest BCUT2D eigenvalue weighted by Gasteiger charge is 2.21. The van der Waals surface area contributed by atoms with Crippen LogP contribution in [-0.4, -0.2) is 21.2 Å². The van der Waals surface area contributed by atoms with Gasteiger partial charge in [-0.15, -0.1) is 0 Å². The second-order valence-electron chi connectivity index (χ2n) is 4.68. The number of aromatic nitrogens is 2. The van der Waals surface area contributed by atoms with E-state index >= 15 is 0 Å². The molecule has 0 radical (unpaired) electrons. The summed E-state index contributed by atoms with van der Waals surface area (Å²) in [6, 6.07) is 9.27. The molecule has 0 saturated carbocycles. The second-order valence-corrected chi connectivity index (χ2v) is 4.68. The first-order valence-corrected chi connectivity index (χ1v) is 5.67. The highest BCUT2D eigenvalue weighted by atomic mass is 16.2. The van der Waals surface area contributed by atoms with Gasteiger partial charge in [0.05, 0.1) is 11.2 Å². The van der Waals surface area contributed by atoms with E-state index in [0.29, 0.717) is 5.69 Å². The minimum Gasteiger partial charge on any atom is -0.324 e. The maximum atomic E-state index is 11.8. The Balaban J connectivity index is 2.21. The average Bonchev–Trinajstić information content (AvgIpc) is 2.81. The number of benzene rings is 1. The van der Waals surface area contributed by atoms with Gasteiger partial charge < -0.3 is 11.1 Å². The normalized spacial score (nSPS) is 11.3. The van der Waals surface area contributed by atoms with Crippen LogP contribution >= 0.6 is 0 Å². The molecule has 1 aromatic heterocycles. The second kappa shape index (κ2) is 4.62. The van der Waals surface area contributed by atoms with Crippen molar-refractivity contribution in [1.82, 2.24) is 9.78 Å². The summed E-state index contributed by atoms with van der Waals surface area (Å²) >= 11 is 0. The zero-order valence-electron chi connectivity index (χ0n) is 10.4. The molecule has 0 saturated heterocycles. The molecule has 0 atom stereocenters. The Morgan fingerprint density at radius 3 is 2.78 bits per heavy atom. The number of nitrogens with one attached hydrogen (secondary N) is 1. The van der Waals surface area contributed by atoms with E-state index in [1.165, 1.54) is 0 Å². The zero-order valence-corrected chi connectivity index (χ0v) is 10.4. The maximum absolute atomic E-state index is 11.8. The van der Waals surface area contributed by atoms with E-state index in [1.54, 1.807) is 24.7 Å². The Hall–Kier alpha value is -2.14. The van der Waals surface area contributed by atoms with Gasteiger partial charge >= 0.3 is 0 Å². The number of carbonyl (C=O) groups excluding carboxylic acids is 1. The molecule has 1 amide bonds. The molecule has 0 unspecified atom stereocenters. The van der Waals surface area contributed by atoms with Gasteiger partial charge in [-0.2, -0.15) is 5.10 Å². The van der Waals surface area contributed by atoms with Crippen molar-refractivity contribution >= 4 is 11.6 Å². The molecule has 0 fully saturated rings. The van der Waals surface area contributed by atoms with Gasteiger partial charge in [0.2, 0.25) is 5.91 Å². The number of hydrogen-bond donors (Lipinski definition) is 2. The first kappa shape index (κ1) is 12.3. The molecule has 0 spiro atoms. The van der Waals surface area contributed by atoms with Gasteiger partial charge in [-0.05, 0) is 38.1 Å². The molecule has 0 aliphatic rings. The van der Waals surface area contributed by atoms with Crippen molar-refractivity contribution in [2.45, 2.75) is 19.4 Å². The lowest BCUT2D eigenvalue weighted by Crippen LogP contribution is -2.45. The number of nitrogens with zero attached hydrogens (tertiary/aromatic N) is 2. The fourth-order valence-corrected chi connectivity index (χ4v) is 1.44. The van der Waals surface area contributed by atoms with E-state index in [2.05, 4.69) is 10.4 Å². The lowest BCUT2D eigenvalue weighted by Gasteiger charge is -2.18. The van der Waals surface area contributed by atoms with Crippen molar-refractivity contribution in [3.05, 3.63) is 42.7 Å². The monoisotopic (exact) mass is 244 g/mol. The van der Waals surface area contributed by atoms with Crippen molar-refractivity contribution in [2.75, 3.05) is 5.32 Å². The van der Waals surface area contributed by atoms with Gasteiger partial charge in [0.15, 0.2) is 0 Å². The van der Waals surface area contributed by atoms with Crippen LogP contribution in [0.3, 0.4) is 0 Å². The third-order valence-electron chi connectivity index (χ3n) is 2.46. The Morgan fingerprint density at radius 2 is 2.17 bits per heavy atom. The van der Waals surface area contributed by atoms with Gasteiger partial charge in [-0.25, -0.2) is 4.68 Å². The highest BCUT2D eigenvalue weighted by molar-refractivity contribution is 5.97. The molecule has 0 aliphatic heterocycles. The molecular formula is C13H16N4O. The van der Waals surface area contributed by atoms with E-state index in [-0.39, 0.29) is 5.91 Å². The summed E-state index contributed by atoms with van der Waals surface area (Å²) in [6.07, 6.45) is 3.54. The van der Waals surface area contributed by atoms with Crippen LogP contribution < -0.4 is 11.1 Å². The Kier molecular flexibility index (Phi) is 3.16. The van der Waals surface area contributed by atoms with Crippen LogP contribution in [0.2, 0.25) is 0 Å². The largest absolute Gasteiger partial charge is 0.324 e. The van der Waals surface area contributed by atoms with Crippen LogP contribution in [0.1, 0.15) is 13.8 Å². The Bertz CT molecular complexity index is 540. The summed E-state index contributed by atoms with van der Waals surface area (Å²) in [5.41, 5.74) is 6.41. The lowest BCUT2D eigenvalue weighted by atomic mass is 10.1. The van der Waals surface area contributed by atoms with Crippen molar-refractivity contribution in [3.63, 3.8) is 0 Å². The van der Waals surface area contributed by atoms with Crippen molar-refractivity contribution in [1.29, 1.82) is 0 Å². The van der Waals surface area contributed by atoms with Crippen molar-refractivity contribution in [2.24, 2.45) is 5.73 Å². The quantitative estimate of drug-likeness (QED) is 0.860. The first-order chi connectivity index (χ1) is 8.47. The summed E-state index contributed by atoms with van der Waals surface area (Å²) in [5, 5.41) is 6.91. The predicted molar refractivity (Wildman–Crippen MR) is 70.5 cm³/mol. The van der Waals surface area contributed by atoms with Gasteiger partial charge in [-0.1, -0.05) is 6.07 Å². The molecule has 18 heavy (non-hydrogen) atoms. The average molecular weight is 244 g/mol. The minimum absolute atomic E-state index is 0.222. The number of nitrogens with two attached hydrogens (primary N) is 1. The fourth-order valence-electron chi connectivity index (χ4n) is 1.44. The third kappa shape index (κ3) is 2.75. The summed E-state index contributed by atoms with van der Waals surface area (Å²) in [7, 11) is 0. The SMILES string of the molecule is CC(C)(N)C(=O)Nc1cccc(-n2cccn2)c1. The molecular weight excluding hydrogens is 228 g/mol. The number of anilines is 1. The molecule has 5 heteroatoms. The van der Waals surface area contributed by atoms with Crippen LogP contribution in [-0.2, 0) is 4.79 Å². The molecule has 3 N–H and O–H groups in total. The van der Waals surface area contributed by atoms with E-state index in [9.17, 15) is 4.79 Å². The van der Waals surface area contributed by atoms with Crippen LogP contribution in [0.15, 0.2) is 42.7 Å². The van der Waals surface area contributed by atoms with Gasteiger partial charge in [0, 0.05) is 18.1 Å². The standard InChI is InChI=1S/C13H16N4O/c1-13(2,14)12(18)16-10-5-3-6-11(9-10)17-8-4-7-15-17/h3-9H,14H2,1-2H3,(H,16,18). The molecule has 2 aromatic rings. The molecule has 0 aliphatic carbocycles. The predicted octanol–water partition coefficient (Wildman–Crippen LogP) is 1.55. The number of carbonyl (C=O) groups is 1. The molecule has 0 bridgehead atoms. The van der Waals surface area contributed by atoms with E-state index in [1.807, 2.05) is 36.5 Å². The van der Waals surface area contributed by atoms with Crippen LogP contribution in [0.25, 0.3) is 5.69 Å². The molecule has 94 valence electrons. The fraction of sp³-hybridized carbons (Fsp3) is 0.231. The summed E-state index contributed by atoms with van der Waals surface area (Å²) in [6.45, 7) is 3.33. The van der Waals surface area contributed by atoms with E-state index in [4.69, 9.17) is 5.73 Å². The van der Waals surface area contributed by atoms with Crippen molar-refractivity contribution < 1.29 is 4.79 Å². The summed E-state index contributed by atoms with van der Waals surface area (Å²) in [5.74, 6) is -0.222. The third-order valence-corrected chi connectivity index (χ3v) is 2.46. The molecule has 2 rings (SSSR count). The smallest absolute Gasteiger partial charge is 0.243 e. The Labute approximate surface area is 106 Å². The topological polar surface area (TPSA) is 72.9 Å². The lowest BCUT2D eigenvalue weighted by molar-refractivity contribution is -0.120. The van der Waals surface area contributed by atoms with E-state index in [0.717, 1.165) is 5.69 Å².